The summed E-state index contributed by atoms with van der Waals surface area (Å²) in [5.41, 5.74) is 3.83. The molecule has 0 aliphatic heterocycles. The third-order valence-electron chi connectivity index (χ3n) is 3.39. The highest BCUT2D eigenvalue weighted by atomic mass is 16.1. The zero-order valence-electron chi connectivity index (χ0n) is 10.9. The fourth-order valence-corrected chi connectivity index (χ4v) is 2.49. The first-order valence-electron chi connectivity index (χ1n) is 6.33. The molecule has 0 amide bonds. The summed E-state index contributed by atoms with van der Waals surface area (Å²) in [6, 6.07) is 8.59. The van der Waals surface area contributed by atoms with Crippen LogP contribution in [-0.2, 0) is 11.2 Å². The van der Waals surface area contributed by atoms with Crippen molar-refractivity contribution >= 4 is 11.4 Å². The molecular weight excluding hydrogens is 208 g/mol. The SMILES string of the molecule is CCc1ccc(C2=CC(=O)CC(C)(C)C2)cc1. The molecule has 0 fully saturated rings. The molecule has 0 heterocycles. The largest absolute Gasteiger partial charge is 0.295 e. The predicted molar refractivity (Wildman–Crippen MR) is 71.8 cm³/mol. The molecule has 1 aromatic carbocycles. The number of rotatable bonds is 2. The highest BCUT2D eigenvalue weighted by Crippen LogP contribution is 2.37. The van der Waals surface area contributed by atoms with Crippen molar-refractivity contribution in [2.24, 2.45) is 5.41 Å². The Morgan fingerprint density at radius 2 is 1.76 bits per heavy atom. The van der Waals surface area contributed by atoms with Crippen molar-refractivity contribution in [3.8, 4) is 0 Å². The molecule has 17 heavy (non-hydrogen) atoms. The van der Waals surface area contributed by atoms with E-state index in [1.165, 1.54) is 16.7 Å². The molecule has 0 atom stereocenters. The van der Waals surface area contributed by atoms with Gasteiger partial charge in [0.25, 0.3) is 0 Å². The van der Waals surface area contributed by atoms with Gasteiger partial charge < -0.3 is 0 Å². The smallest absolute Gasteiger partial charge is 0.156 e. The quantitative estimate of drug-likeness (QED) is 0.747. The van der Waals surface area contributed by atoms with Gasteiger partial charge in [0.15, 0.2) is 5.78 Å². The number of aryl methyl sites for hydroxylation is 1. The zero-order chi connectivity index (χ0) is 12.5. The van der Waals surface area contributed by atoms with Gasteiger partial charge in [-0.2, -0.15) is 0 Å². The maximum absolute atomic E-state index is 11.7. The molecule has 1 heteroatoms. The Balaban J connectivity index is 2.29. The second kappa shape index (κ2) is 4.48. The summed E-state index contributed by atoms with van der Waals surface area (Å²) in [4.78, 5) is 11.7. The minimum absolute atomic E-state index is 0.102. The van der Waals surface area contributed by atoms with E-state index in [1.807, 2.05) is 6.08 Å². The lowest BCUT2D eigenvalue weighted by Crippen LogP contribution is -2.21. The lowest BCUT2D eigenvalue weighted by Gasteiger charge is -2.29. The van der Waals surface area contributed by atoms with Gasteiger partial charge in [-0.25, -0.2) is 0 Å². The van der Waals surface area contributed by atoms with Crippen LogP contribution in [0.15, 0.2) is 30.3 Å². The number of benzene rings is 1. The monoisotopic (exact) mass is 228 g/mol. The van der Waals surface area contributed by atoms with Gasteiger partial charge in [0.2, 0.25) is 0 Å². The summed E-state index contributed by atoms with van der Waals surface area (Å²) in [5.74, 6) is 0.260. The van der Waals surface area contributed by atoms with Crippen molar-refractivity contribution in [1.82, 2.24) is 0 Å². The molecule has 0 saturated carbocycles. The van der Waals surface area contributed by atoms with Crippen LogP contribution in [0.5, 0.6) is 0 Å². The van der Waals surface area contributed by atoms with Crippen LogP contribution in [0.25, 0.3) is 5.57 Å². The highest BCUT2D eigenvalue weighted by Gasteiger charge is 2.27. The van der Waals surface area contributed by atoms with Gasteiger partial charge in [0, 0.05) is 6.42 Å². The Morgan fingerprint density at radius 3 is 2.29 bits per heavy atom. The maximum Gasteiger partial charge on any atom is 0.156 e. The molecule has 0 radical (unpaired) electrons. The maximum atomic E-state index is 11.7. The van der Waals surface area contributed by atoms with E-state index in [4.69, 9.17) is 0 Å². The molecule has 0 bridgehead atoms. The summed E-state index contributed by atoms with van der Waals surface area (Å²) in [6.45, 7) is 6.48. The molecule has 0 aromatic heterocycles. The molecule has 0 spiro atoms. The third kappa shape index (κ3) is 2.85. The van der Waals surface area contributed by atoms with Crippen molar-refractivity contribution in [3.63, 3.8) is 0 Å². The third-order valence-corrected chi connectivity index (χ3v) is 3.39. The predicted octanol–water partition coefficient (Wildman–Crippen LogP) is 4.02. The number of hydrogen-bond acceptors (Lipinski definition) is 1. The minimum Gasteiger partial charge on any atom is -0.295 e. The number of carbonyl (C=O) groups is 1. The van der Waals surface area contributed by atoms with Crippen LogP contribution in [-0.4, -0.2) is 5.78 Å². The molecule has 2 rings (SSSR count). The standard InChI is InChI=1S/C16H20O/c1-4-12-5-7-13(8-6-12)14-9-15(17)11-16(2,3)10-14/h5-9H,4,10-11H2,1-3H3. The van der Waals surface area contributed by atoms with Crippen molar-refractivity contribution in [3.05, 3.63) is 41.5 Å². The van der Waals surface area contributed by atoms with E-state index < -0.39 is 0 Å². The van der Waals surface area contributed by atoms with Crippen molar-refractivity contribution in [2.75, 3.05) is 0 Å². The van der Waals surface area contributed by atoms with Crippen LogP contribution >= 0.6 is 0 Å². The van der Waals surface area contributed by atoms with E-state index >= 15 is 0 Å². The molecule has 90 valence electrons. The van der Waals surface area contributed by atoms with Crippen molar-refractivity contribution < 1.29 is 4.79 Å². The first-order chi connectivity index (χ1) is 8.00. The van der Waals surface area contributed by atoms with Crippen LogP contribution in [0.4, 0.5) is 0 Å². The molecular formula is C16H20O. The summed E-state index contributed by atoms with van der Waals surface area (Å²) in [6.07, 6.45) is 4.55. The van der Waals surface area contributed by atoms with Crippen LogP contribution in [0, 0.1) is 5.41 Å². The Bertz CT molecular complexity index is 449. The van der Waals surface area contributed by atoms with Gasteiger partial charge in [-0.1, -0.05) is 45.0 Å². The molecule has 0 N–H and O–H groups in total. The summed E-state index contributed by atoms with van der Waals surface area (Å²) in [5, 5.41) is 0. The molecule has 1 aliphatic carbocycles. The van der Waals surface area contributed by atoms with Gasteiger partial charge in [0.1, 0.15) is 0 Å². The highest BCUT2D eigenvalue weighted by molar-refractivity contribution is 5.99. The first-order valence-corrected chi connectivity index (χ1v) is 6.33. The van der Waals surface area contributed by atoms with E-state index in [0.29, 0.717) is 6.42 Å². The minimum atomic E-state index is 0.102. The zero-order valence-corrected chi connectivity index (χ0v) is 10.9. The van der Waals surface area contributed by atoms with Crippen LogP contribution in [0.1, 0.15) is 44.7 Å². The summed E-state index contributed by atoms with van der Waals surface area (Å²) >= 11 is 0. The van der Waals surface area contributed by atoms with Gasteiger partial charge in [0.05, 0.1) is 0 Å². The van der Waals surface area contributed by atoms with E-state index in [9.17, 15) is 4.79 Å². The Hall–Kier alpha value is -1.37. The number of carbonyl (C=O) groups excluding carboxylic acids is 1. The number of allylic oxidation sites excluding steroid dienone is 2. The van der Waals surface area contributed by atoms with E-state index in [2.05, 4.69) is 45.0 Å². The van der Waals surface area contributed by atoms with E-state index in [-0.39, 0.29) is 11.2 Å². The van der Waals surface area contributed by atoms with Crippen LogP contribution in [0.2, 0.25) is 0 Å². The lowest BCUT2D eigenvalue weighted by atomic mass is 9.75. The molecule has 0 unspecified atom stereocenters. The summed E-state index contributed by atoms with van der Waals surface area (Å²) < 4.78 is 0. The number of ketones is 1. The second-order valence-corrected chi connectivity index (χ2v) is 5.70. The van der Waals surface area contributed by atoms with E-state index in [0.717, 1.165) is 12.8 Å². The Morgan fingerprint density at radius 1 is 1.12 bits per heavy atom. The summed E-state index contributed by atoms with van der Waals surface area (Å²) in [7, 11) is 0. The topological polar surface area (TPSA) is 17.1 Å². The molecule has 1 aromatic rings. The van der Waals surface area contributed by atoms with Crippen LogP contribution in [0.3, 0.4) is 0 Å². The normalized spacial score (nSPS) is 19.0. The average molecular weight is 228 g/mol. The fraction of sp³-hybridized carbons (Fsp3) is 0.438. The first kappa shape index (κ1) is 12.1. The van der Waals surface area contributed by atoms with Gasteiger partial charge in [-0.3, -0.25) is 4.79 Å². The van der Waals surface area contributed by atoms with Crippen molar-refractivity contribution in [2.45, 2.75) is 40.0 Å². The average Bonchev–Trinajstić information content (AvgIpc) is 2.26. The van der Waals surface area contributed by atoms with Gasteiger partial charge >= 0.3 is 0 Å². The van der Waals surface area contributed by atoms with Crippen molar-refractivity contribution in [1.29, 1.82) is 0 Å². The molecule has 0 saturated heterocycles. The molecule has 1 aliphatic rings. The van der Waals surface area contributed by atoms with Crippen LogP contribution < -0.4 is 0 Å². The second-order valence-electron chi connectivity index (χ2n) is 5.70. The lowest BCUT2D eigenvalue weighted by molar-refractivity contribution is -0.116. The van der Waals surface area contributed by atoms with E-state index in [1.54, 1.807) is 0 Å². The molecule has 1 nitrogen and oxygen atoms in total. The number of hydrogen-bond donors (Lipinski definition) is 0. The van der Waals surface area contributed by atoms with Gasteiger partial charge in [-0.05, 0) is 41.0 Å². The Kier molecular flexibility index (Phi) is 3.19. The Labute approximate surface area is 104 Å². The van der Waals surface area contributed by atoms with Gasteiger partial charge in [-0.15, -0.1) is 0 Å². The fourth-order valence-electron chi connectivity index (χ4n) is 2.49.